The molecule has 11 heteroatoms. The van der Waals surface area contributed by atoms with Crippen LogP contribution < -0.4 is 4.74 Å². The zero-order valence-corrected chi connectivity index (χ0v) is 21.7. The predicted molar refractivity (Wildman–Crippen MR) is 133 cm³/mol. The van der Waals surface area contributed by atoms with E-state index in [2.05, 4.69) is 41.6 Å². The number of hydrogen-bond acceptors (Lipinski definition) is 7. The van der Waals surface area contributed by atoms with Crippen molar-refractivity contribution in [3.63, 3.8) is 0 Å². The molecule has 1 N–H and O–H groups in total. The van der Waals surface area contributed by atoms with Crippen LogP contribution in [0, 0.1) is 6.92 Å². The van der Waals surface area contributed by atoms with Crippen molar-refractivity contribution in [3.8, 4) is 5.75 Å². The predicted octanol–water partition coefficient (Wildman–Crippen LogP) is 5.00. The van der Waals surface area contributed by atoms with Gasteiger partial charge in [0.05, 0.1) is 32.2 Å². The van der Waals surface area contributed by atoms with E-state index in [4.69, 9.17) is 4.74 Å². The summed E-state index contributed by atoms with van der Waals surface area (Å²) in [6, 6.07) is 8.35. The Balaban J connectivity index is 1.88. The van der Waals surface area contributed by atoms with Gasteiger partial charge < -0.3 is 14.6 Å². The van der Waals surface area contributed by atoms with Crippen molar-refractivity contribution in [2.24, 2.45) is 4.99 Å². The minimum absolute atomic E-state index is 0.161. The molecule has 172 valence electrons. The molecule has 33 heavy (non-hydrogen) atoms. The topological polar surface area (TPSA) is 106 Å². The number of halogens is 2. The molecular weight excluding hydrogens is 580 g/mol. The number of methoxy groups -OCH3 is 1. The average molecular weight is 598 g/mol. The maximum Gasteiger partial charge on any atom is 0.343 e. The number of aromatic carboxylic acids is 1. The molecule has 1 aliphatic heterocycles. The molecule has 1 amide bonds. The molecule has 1 saturated heterocycles. The second-order valence-corrected chi connectivity index (χ2v) is 9.52. The number of aliphatic imine (C=N–C) groups is 1. The Kier molecular flexibility index (Phi) is 7.98. The number of likely N-dealkylation sites (N-methyl/N-ethyl adjacent to an activating group) is 1. The van der Waals surface area contributed by atoms with Gasteiger partial charge in [0.25, 0.3) is 5.91 Å². The van der Waals surface area contributed by atoms with Gasteiger partial charge in [0, 0.05) is 7.05 Å². The van der Waals surface area contributed by atoms with Gasteiger partial charge in [-0.15, -0.1) is 0 Å². The zero-order chi connectivity index (χ0) is 24.3. The molecule has 1 fully saturated rings. The van der Waals surface area contributed by atoms with Crippen molar-refractivity contribution in [1.82, 2.24) is 4.90 Å². The molecule has 0 atom stereocenters. The van der Waals surface area contributed by atoms with Crippen molar-refractivity contribution < 1.29 is 29.0 Å². The highest BCUT2D eigenvalue weighted by molar-refractivity contribution is 9.11. The zero-order valence-electron chi connectivity index (χ0n) is 17.7. The van der Waals surface area contributed by atoms with Crippen LogP contribution >= 0.6 is 43.6 Å². The summed E-state index contributed by atoms with van der Waals surface area (Å²) in [7, 11) is 2.89. The number of esters is 1. The first-order valence-electron chi connectivity index (χ1n) is 9.40. The lowest BCUT2D eigenvalue weighted by Gasteiger charge is -2.10. The van der Waals surface area contributed by atoms with Crippen LogP contribution in [0.25, 0.3) is 6.08 Å². The van der Waals surface area contributed by atoms with Crippen LogP contribution in [-0.2, 0) is 14.3 Å². The van der Waals surface area contributed by atoms with Crippen molar-refractivity contribution in [2.75, 3.05) is 20.8 Å². The Morgan fingerprint density at radius 1 is 1.24 bits per heavy atom. The van der Waals surface area contributed by atoms with Crippen molar-refractivity contribution in [2.45, 2.75) is 6.92 Å². The second-order valence-electron chi connectivity index (χ2n) is 6.80. The third-order valence-corrected chi connectivity index (χ3v) is 6.87. The first kappa shape index (κ1) is 25.0. The molecule has 2 aromatic rings. The fourth-order valence-electron chi connectivity index (χ4n) is 2.87. The number of thioether (sulfide) groups is 1. The number of rotatable bonds is 6. The molecular formula is C22H18Br2N2O6S. The highest BCUT2D eigenvalue weighted by Gasteiger charge is 2.30. The number of carboxylic acid groups (broad SMARTS) is 1. The molecule has 8 nitrogen and oxygen atoms in total. The maximum atomic E-state index is 12.8. The van der Waals surface area contributed by atoms with Gasteiger partial charge in [0.1, 0.15) is 5.75 Å². The fourth-order valence-corrected chi connectivity index (χ4v) is 5.30. The number of ether oxygens (including phenoxy) is 2. The number of carboxylic acids is 1. The standard InChI is InChI=1S/C22H18Br2N2O6S/c1-11-13(21(29)30)5-4-6-16(11)25-22-26(2)20(28)17(33-22)9-12-7-14(23)19(15(24)8-12)32-10-18(27)31-3/h4-9H,10H2,1-3H3,(H,29,30)/b17-9-,25-22?. The number of hydrogen-bond donors (Lipinski definition) is 1. The molecule has 0 radical (unpaired) electrons. The Bertz CT molecular complexity index is 1190. The molecule has 0 saturated carbocycles. The molecule has 0 spiro atoms. The van der Waals surface area contributed by atoms with Gasteiger partial charge in [-0.3, -0.25) is 9.69 Å². The summed E-state index contributed by atoms with van der Waals surface area (Å²) < 4.78 is 11.2. The van der Waals surface area contributed by atoms with Crippen LogP contribution in [0.1, 0.15) is 21.5 Å². The number of nitrogens with zero attached hydrogens (tertiary/aromatic N) is 2. The number of amides is 1. The largest absolute Gasteiger partial charge is 0.480 e. The molecule has 0 aliphatic carbocycles. The minimum Gasteiger partial charge on any atom is -0.480 e. The Morgan fingerprint density at radius 2 is 1.91 bits per heavy atom. The van der Waals surface area contributed by atoms with E-state index in [-0.39, 0.29) is 18.1 Å². The molecule has 1 heterocycles. The minimum atomic E-state index is -1.03. The van der Waals surface area contributed by atoms with E-state index in [0.29, 0.717) is 41.6 Å². The lowest BCUT2D eigenvalue weighted by molar-refractivity contribution is -0.143. The van der Waals surface area contributed by atoms with E-state index in [1.54, 1.807) is 44.3 Å². The molecule has 0 aromatic heterocycles. The normalized spacial score (nSPS) is 15.9. The quantitative estimate of drug-likeness (QED) is 0.369. The molecule has 3 rings (SSSR count). The second kappa shape index (κ2) is 10.5. The summed E-state index contributed by atoms with van der Waals surface area (Å²) in [6.45, 7) is 1.44. The van der Waals surface area contributed by atoms with Gasteiger partial charge in [0.15, 0.2) is 11.8 Å². The van der Waals surface area contributed by atoms with Gasteiger partial charge >= 0.3 is 11.9 Å². The van der Waals surface area contributed by atoms with Crippen LogP contribution in [0.5, 0.6) is 5.75 Å². The first-order chi connectivity index (χ1) is 15.6. The fraction of sp³-hybridized carbons (Fsp3) is 0.182. The van der Waals surface area contributed by atoms with Gasteiger partial charge in [-0.2, -0.15) is 0 Å². The molecule has 0 bridgehead atoms. The smallest absolute Gasteiger partial charge is 0.343 e. The summed E-state index contributed by atoms with van der Waals surface area (Å²) in [5.41, 5.74) is 1.88. The summed E-state index contributed by atoms with van der Waals surface area (Å²) in [6.07, 6.45) is 1.71. The van der Waals surface area contributed by atoms with E-state index in [9.17, 15) is 19.5 Å². The lowest BCUT2D eigenvalue weighted by Crippen LogP contribution is -2.23. The van der Waals surface area contributed by atoms with E-state index < -0.39 is 11.9 Å². The van der Waals surface area contributed by atoms with E-state index in [1.165, 1.54) is 29.8 Å². The maximum absolute atomic E-state index is 12.8. The highest BCUT2D eigenvalue weighted by Crippen LogP contribution is 2.38. The lowest BCUT2D eigenvalue weighted by atomic mass is 10.1. The van der Waals surface area contributed by atoms with E-state index >= 15 is 0 Å². The van der Waals surface area contributed by atoms with Crippen LogP contribution in [-0.4, -0.2) is 53.8 Å². The number of amidine groups is 1. The van der Waals surface area contributed by atoms with Crippen molar-refractivity contribution in [3.05, 3.63) is 60.9 Å². The first-order valence-corrected chi connectivity index (χ1v) is 11.8. The highest BCUT2D eigenvalue weighted by atomic mass is 79.9. The van der Waals surface area contributed by atoms with Crippen molar-refractivity contribution in [1.29, 1.82) is 0 Å². The molecule has 2 aromatic carbocycles. The summed E-state index contributed by atoms with van der Waals surface area (Å²) in [5.74, 6) is -1.34. The third-order valence-electron chi connectivity index (χ3n) is 4.64. The molecule has 1 aliphatic rings. The van der Waals surface area contributed by atoms with Gasteiger partial charge in [-0.05, 0) is 92.0 Å². The number of carbonyl (C=O) groups is 3. The van der Waals surface area contributed by atoms with Gasteiger partial charge in [-0.1, -0.05) is 6.07 Å². The van der Waals surface area contributed by atoms with Gasteiger partial charge in [0.2, 0.25) is 0 Å². The SMILES string of the molecule is COC(=O)COc1c(Br)cc(/C=C2\SC(=Nc3cccc(C(=O)O)c3C)N(C)C2=O)cc1Br. The Morgan fingerprint density at radius 3 is 2.52 bits per heavy atom. The Hall–Kier alpha value is -2.63. The van der Waals surface area contributed by atoms with E-state index in [1.807, 2.05) is 0 Å². The third kappa shape index (κ3) is 5.66. The monoisotopic (exact) mass is 596 g/mol. The number of carbonyl (C=O) groups excluding carboxylic acids is 2. The summed E-state index contributed by atoms with van der Waals surface area (Å²) in [5, 5.41) is 9.76. The molecule has 0 unspecified atom stereocenters. The van der Waals surface area contributed by atoms with E-state index in [0.717, 1.165) is 0 Å². The summed E-state index contributed by atoms with van der Waals surface area (Å²) >= 11 is 8.03. The van der Waals surface area contributed by atoms with Crippen LogP contribution in [0.15, 0.2) is 49.2 Å². The average Bonchev–Trinajstić information content (AvgIpc) is 3.01. The van der Waals surface area contributed by atoms with Gasteiger partial charge in [-0.25, -0.2) is 14.6 Å². The van der Waals surface area contributed by atoms with Crippen LogP contribution in [0.2, 0.25) is 0 Å². The van der Waals surface area contributed by atoms with Crippen LogP contribution in [0.4, 0.5) is 5.69 Å². The van der Waals surface area contributed by atoms with Crippen LogP contribution in [0.3, 0.4) is 0 Å². The van der Waals surface area contributed by atoms with Crippen molar-refractivity contribution >= 4 is 78.4 Å². The Labute approximate surface area is 210 Å². The summed E-state index contributed by atoms with van der Waals surface area (Å²) in [4.78, 5) is 41.9. The number of benzene rings is 2.